The summed E-state index contributed by atoms with van der Waals surface area (Å²) in [4.78, 5) is 12.4. The second-order valence-corrected chi connectivity index (χ2v) is 7.46. The Hall–Kier alpha value is -3.51. The summed E-state index contributed by atoms with van der Waals surface area (Å²) in [5.74, 6) is -2.59. The number of aromatic hydroxyl groups is 4. The summed E-state index contributed by atoms with van der Waals surface area (Å²) < 4.78 is 16.2. The zero-order valence-electron chi connectivity index (χ0n) is 16.5. The molecule has 11 nitrogen and oxygen atoms in total. The first kappa shape index (κ1) is 21.7. The second-order valence-electron chi connectivity index (χ2n) is 7.46. The van der Waals surface area contributed by atoms with Crippen molar-refractivity contribution in [3.63, 3.8) is 0 Å². The van der Waals surface area contributed by atoms with Crippen molar-refractivity contribution in [1.82, 2.24) is 0 Å². The molecular weight excluding hydrogens is 428 g/mol. The molecule has 0 spiro atoms. The van der Waals surface area contributed by atoms with Gasteiger partial charge in [0.1, 0.15) is 46.5 Å². The lowest BCUT2D eigenvalue weighted by Crippen LogP contribution is -2.58. The van der Waals surface area contributed by atoms with Crippen LogP contribution in [0.2, 0.25) is 0 Å². The van der Waals surface area contributed by atoms with Crippen molar-refractivity contribution in [2.24, 2.45) is 0 Å². The molecule has 0 unspecified atom stereocenters. The molecule has 32 heavy (non-hydrogen) atoms. The molecule has 3 aromatic rings. The predicted octanol–water partition coefficient (Wildman–Crippen LogP) is 0.489. The Labute approximate surface area is 179 Å². The van der Waals surface area contributed by atoms with Gasteiger partial charge in [-0.15, -0.1) is 0 Å². The van der Waals surface area contributed by atoms with Gasteiger partial charge >= 0.3 is 0 Å². The van der Waals surface area contributed by atoms with E-state index in [9.17, 15) is 40.5 Å². The molecule has 2 heterocycles. The van der Waals surface area contributed by atoms with E-state index in [0.29, 0.717) is 0 Å². The Morgan fingerprint density at radius 1 is 0.844 bits per heavy atom. The third kappa shape index (κ3) is 3.67. The summed E-state index contributed by atoms with van der Waals surface area (Å²) in [6.45, 7) is 1.44. The van der Waals surface area contributed by atoms with Gasteiger partial charge in [-0.2, -0.15) is 0 Å². The zero-order chi connectivity index (χ0) is 23.3. The van der Waals surface area contributed by atoms with Crippen LogP contribution in [-0.4, -0.2) is 66.5 Å². The van der Waals surface area contributed by atoms with Gasteiger partial charge in [0, 0.05) is 23.8 Å². The summed E-state index contributed by atoms with van der Waals surface area (Å²) >= 11 is 0. The summed E-state index contributed by atoms with van der Waals surface area (Å²) in [7, 11) is 0. The highest BCUT2D eigenvalue weighted by Gasteiger charge is 2.43. The van der Waals surface area contributed by atoms with E-state index in [2.05, 4.69) is 0 Å². The average Bonchev–Trinajstić information content (AvgIpc) is 2.71. The summed E-state index contributed by atoms with van der Waals surface area (Å²) in [6, 6.07) is 5.35. The average molecular weight is 448 g/mol. The summed E-state index contributed by atoms with van der Waals surface area (Å²) in [5, 5.41) is 69.8. The number of hydrogen-bond acceptors (Lipinski definition) is 11. The van der Waals surface area contributed by atoms with Crippen LogP contribution in [0.4, 0.5) is 0 Å². The molecule has 4 rings (SSSR count). The maximum atomic E-state index is 12.4. The third-order valence-electron chi connectivity index (χ3n) is 5.17. The number of ether oxygens (including phenoxy) is 2. The summed E-state index contributed by atoms with van der Waals surface area (Å²) in [6.07, 6.45) is -7.01. The van der Waals surface area contributed by atoms with Gasteiger partial charge in [-0.05, 0) is 19.1 Å². The molecule has 170 valence electrons. The highest BCUT2D eigenvalue weighted by Crippen LogP contribution is 2.42. The Kier molecular flexibility index (Phi) is 5.34. The van der Waals surface area contributed by atoms with Crippen molar-refractivity contribution < 1.29 is 49.6 Å². The first-order valence-corrected chi connectivity index (χ1v) is 9.49. The van der Waals surface area contributed by atoms with Gasteiger partial charge in [-0.1, -0.05) is 0 Å². The lowest BCUT2D eigenvalue weighted by atomic mass is 10.00. The number of hydrogen-bond donors (Lipinski definition) is 7. The van der Waals surface area contributed by atoms with Gasteiger partial charge in [-0.25, -0.2) is 0 Å². The van der Waals surface area contributed by atoms with Crippen LogP contribution in [0.25, 0.3) is 22.3 Å². The van der Waals surface area contributed by atoms with Gasteiger partial charge in [-0.3, -0.25) is 4.79 Å². The van der Waals surface area contributed by atoms with Crippen LogP contribution < -0.4 is 10.2 Å². The Morgan fingerprint density at radius 3 is 2.16 bits per heavy atom. The molecule has 0 bridgehead atoms. The van der Waals surface area contributed by atoms with Crippen molar-refractivity contribution in [3.8, 4) is 40.1 Å². The molecule has 0 radical (unpaired) electrons. The number of aliphatic hydroxyl groups excluding tert-OH is 3. The molecular formula is C21H20O11. The third-order valence-corrected chi connectivity index (χ3v) is 5.17. The summed E-state index contributed by atoms with van der Waals surface area (Å²) in [5.41, 5.74) is -0.689. The van der Waals surface area contributed by atoms with Crippen LogP contribution in [0.3, 0.4) is 0 Å². The molecule has 1 fully saturated rings. The molecule has 0 saturated carbocycles. The predicted molar refractivity (Wildman–Crippen MR) is 108 cm³/mol. The Bertz CT molecular complexity index is 1210. The number of phenols is 4. The fourth-order valence-corrected chi connectivity index (χ4v) is 3.48. The molecule has 1 aliphatic rings. The molecule has 1 aliphatic heterocycles. The Balaban J connectivity index is 1.70. The van der Waals surface area contributed by atoms with E-state index in [1.807, 2.05) is 0 Å². The van der Waals surface area contributed by atoms with Crippen molar-refractivity contribution in [1.29, 1.82) is 0 Å². The number of fused-ring (bicyclic) bond motifs is 1. The van der Waals surface area contributed by atoms with Crippen molar-refractivity contribution in [2.45, 2.75) is 37.6 Å². The van der Waals surface area contributed by atoms with Gasteiger partial charge in [0.05, 0.1) is 6.10 Å². The quantitative estimate of drug-likeness (QED) is 0.295. The molecule has 1 saturated heterocycles. The largest absolute Gasteiger partial charge is 0.508 e. The second kappa shape index (κ2) is 7.88. The van der Waals surface area contributed by atoms with Gasteiger partial charge in [0.25, 0.3) is 0 Å². The molecule has 5 atom stereocenters. The lowest BCUT2D eigenvalue weighted by Gasteiger charge is -2.38. The minimum Gasteiger partial charge on any atom is -0.508 e. The van der Waals surface area contributed by atoms with Crippen LogP contribution in [0, 0.1) is 0 Å². The van der Waals surface area contributed by atoms with E-state index in [4.69, 9.17) is 13.9 Å². The first-order chi connectivity index (χ1) is 15.1. The number of aliphatic hydroxyl groups is 3. The fraction of sp³-hybridized carbons (Fsp3) is 0.286. The van der Waals surface area contributed by atoms with Crippen LogP contribution in [0.5, 0.6) is 28.7 Å². The van der Waals surface area contributed by atoms with E-state index in [1.54, 1.807) is 0 Å². The SMILES string of the molecule is C[C@@H]1O[C@@H](Oc2c(O)cc(-c3cc(=O)c4c(O)cc(O)cc4o3)cc2O)[C@H](O)[C@H](O)[C@H]1O. The van der Waals surface area contributed by atoms with Crippen LogP contribution in [-0.2, 0) is 4.74 Å². The smallest absolute Gasteiger partial charge is 0.229 e. The number of benzene rings is 2. The molecule has 11 heteroatoms. The lowest BCUT2D eigenvalue weighted by molar-refractivity contribution is -0.268. The Morgan fingerprint density at radius 2 is 1.50 bits per heavy atom. The van der Waals surface area contributed by atoms with E-state index >= 15 is 0 Å². The van der Waals surface area contributed by atoms with Crippen LogP contribution >= 0.6 is 0 Å². The van der Waals surface area contributed by atoms with E-state index in [0.717, 1.165) is 30.3 Å². The maximum Gasteiger partial charge on any atom is 0.229 e. The molecule has 1 aromatic heterocycles. The fourth-order valence-electron chi connectivity index (χ4n) is 3.48. The normalized spacial score (nSPS) is 25.7. The molecule has 0 amide bonds. The van der Waals surface area contributed by atoms with Crippen LogP contribution in [0.1, 0.15) is 6.92 Å². The van der Waals surface area contributed by atoms with E-state index < -0.39 is 59.1 Å². The minimum absolute atomic E-state index is 0.0584. The highest BCUT2D eigenvalue weighted by molar-refractivity contribution is 5.86. The maximum absolute atomic E-state index is 12.4. The van der Waals surface area contributed by atoms with Crippen molar-refractivity contribution in [2.75, 3.05) is 0 Å². The number of rotatable bonds is 3. The van der Waals surface area contributed by atoms with Gasteiger partial charge in [0.15, 0.2) is 16.9 Å². The monoisotopic (exact) mass is 448 g/mol. The van der Waals surface area contributed by atoms with Gasteiger partial charge < -0.3 is 49.6 Å². The van der Waals surface area contributed by atoms with Crippen LogP contribution in [0.15, 0.2) is 39.5 Å². The van der Waals surface area contributed by atoms with Gasteiger partial charge in [0.2, 0.25) is 12.0 Å². The van der Waals surface area contributed by atoms with E-state index in [1.165, 1.54) is 6.92 Å². The van der Waals surface area contributed by atoms with Crippen molar-refractivity contribution in [3.05, 3.63) is 40.6 Å². The number of phenolic OH excluding ortho intramolecular Hbond substituents is 4. The first-order valence-electron chi connectivity index (χ1n) is 9.49. The van der Waals surface area contributed by atoms with E-state index in [-0.39, 0.29) is 28.0 Å². The zero-order valence-corrected chi connectivity index (χ0v) is 16.5. The molecule has 2 aromatic carbocycles. The highest BCUT2D eigenvalue weighted by atomic mass is 16.7. The minimum atomic E-state index is -1.67. The van der Waals surface area contributed by atoms with Crippen molar-refractivity contribution >= 4 is 11.0 Å². The molecule has 0 aliphatic carbocycles. The standard InChI is InChI=1S/C21H20O11/c1-7-17(27)18(28)19(29)21(30-7)32-20-12(25)2-8(3-13(20)26)14-6-11(24)16-10(23)4-9(22)5-15(16)31-14/h2-7,17-19,21-23,25-29H,1H3/t7-,17-,18+,19+,21-/m0/s1. The topological polar surface area (TPSA) is 190 Å². The molecule has 7 N–H and O–H groups in total.